The van der Waals surface area contributed by atoms with Gasteiger partial charge in [0.05, 0.1) is 0 Å². The Morgan fingerprint density at radius 1 is 1.26 bits per heavy atom. The highest BCUT2D eigenvalue weighted by Gasteiger charge is 2.07. The molecule has 0 aliphatic rings. The van der Waals surface area contributed by atoms with Crippen LogP contribution in [0.1, 0.15) is 12.5 Å². The summed E-state index contributed by atoms with van der Waals surface area (Å²) >= 11 is 3.35. The maximum atomic E-state index is 13.9. The Morgan fingerprint density at radius 2 is 2.05 bits per heavy atom. The number of benzene rings is 2. The second-order valence-electron chi connectivity index (χ2n) is 4.51. The number of nitrogens with two attached hydrogens (primary N) is 1. The van der Waals surface area contributed by atoms with E-state index in [1.165, 1.54) is 6.07 Å². The maximum absolute atomic E-state index is 13.9. The van der Waals surface area contributed by atoms with E-state index in [9.17, 15) is 4.39 Å². The summed E-state index contributed by atoms with van der Waals surface area (Å²) in [6, 6.07) is 12.2. The molecule has 100 valence electrons. The molecule has 1 atom stereocenters. The molecule has 4 heteroatoms. The van der Waals surface area contributed by atoms with Crippen molar-refractivity contribution in [1.29, 1.82) is 0 Å². The van der Waals surface area contributed by atoms with Gasteiger partial charge in [-0.1, -0.05) is 28.1 Å². The second-order valence-corrected chi connectivity index (χ2v) is 5.42. The van der Waals surface area contributed by atoms with E-state index in [4.69, 9.17) is 10.5 Å². The van der Waals surface area contributed by atoms with Crippen LogP contribution < -0.4 is 10.5 Å². The Hall–Kier alpha value is -1.39. The number of halogens is 2. The molecule has 2 rings (SSSR count). The average Bonchev–Trinajstić information content (AvgIpc) is 2.32. The van der Waals surface area contributed by atoms with Crippen LogP contribution in [0.3, 0.4) is 0 Å². The fourth-order valence-corrected chi connectivity index (χ4v) is 2.16. The van der Waals surface area contributed by atoms with Crippen LogP contribution in [-0.4, -0.2) is 6.04 Å². The van der Waals surface area contributed by atoms with Crippen molar-refractivity contribution in [1.82, 2.24) is 0 Å². The van der Waals surface area contributed by atoms with Gasteiger partial charge in [-0.05, 0) is 49.2 Å². The van der Waals surface area contributed by atoms with Gasteiger partial charge in [0.25, 0.3) is 0 Å². The highest BCUT2D eigenvalue weighted by molar-refractivity contribution is 9.10. The predicted molar refractivity (Wildman–Crippen MR) is 78.0 cm³/mol. The first kappa shape index (κ1) is 14.0. The lowest BCUT2D eigenvalue weighted by Crippen LogP contribution is -2.17. The zero-order valence-corrected chi connectivity index (χ0v) is 12.2. The predicted octanol–water partition coefficient (Wildman–Crippen LogP) is 4.27. The maximum Gasteiger partial charge on any atom is 0.165 e. The Labute approximate surface area is 120 Å². The van der Waals surface area contributed by atoms with Crippen molar-refractivity contribution >= 4 is 15.9 Å². The fourth-order valence-electron chi connectivity index (χ4n) is 1.78. The molecule has 0 aliphatic carbocycles. The first-order chi connectivity index (χ1) is 9.04. The van der Waals surface area contributed by atoms with Crippen molar-refractivity contribution in [2.45, 2.75) is 19.4 Å². The van der Waals surface area contributed by atoms with E-state index < -0.39 is 0 Å². The minimum Gasteiger partial charge on any atom is -0.454 e. The van der Waals surface area contributed by atoms with E-state index in [1.54, 1.807) is 18.2 Å². The third-order valence-electron chi connectivity index (χ3n) is 2.58. The molecule has 2 aromatic rings. The summed E-state index contributed by atoms with van der Waals surface area (Å²) in [6.45, 7) is 1.89. The van der Waals surface area contributed by atoms with E-state index in [-0.39, 0.29) is 17.6 Å². The molecule has 0 fully saturated rings. The number of ether oxygens (including phenoxy) is 1. The van der Waals surface area contributed by atoms with Crippen molar-refractivity contribution in [2.75, 3.05) is 0 Å². The third kappa shape index (κ3) is 4.04. The first-order valence-corrected chi connectivity index (χ1v) is 6.81. The summed E-state index contributed by atoms with van der Waals surface area (Å²) in [4.78, 5) is 0. The van der Waals surface area contributed by atoms with E-state index >= 15 is 0 Å². The second kappa shape index (κ2) is 6.17. The minimum absolute atomic E-state index is 0.0104. The molecule has 0 bridgehead atoms. The first-order valence-electron chi connectivity index (χ1n) is 6.02. The molecule has 0 saturated carbocycles. The Bertz CT molecular complexity index is 572. The normalized spacial score (nSPS) is 12.2. The van der Waals surface area contributed by atoms with Gasteiger partial charge in [0.1, 0.15) is 5.75 Å². The Balaban J connectivity index is 2.17. The fraction of sp³-hybridized carbons (Fsp3) is 0.200. The number of hydrogen-bond donors (Lipinski definition) is 1. The molecule has 0 spiro atoms. The van der Waals surface area contributed by atoms with Gasteiger partial charge in [-0.2, -0.15) is 0 Å². The van der Waals surface area contributed by atoms with Gasteiger partial charge in [-0.25, -0.2) is 4.39 Å². The minimum atomic E-state index is -0.377. The Morgan fingerprint density at radius 3 is 2.68 bits per heavy atom. The van der Waals surface area contributed by atoms with Gasteiger partial charge < -0.3 is 10.5 Å². The van der Waals surface area contributed by atoms with Crippen LogP contribution in [0.4, 0.5) is 4.39 Å². The van der Waals surface area contributed by atoms with Crippen molar-refractivity contribution in [3.63, 3.8) is 0 Å². The van der Waals surface area contributed by atoms with Crippen LogP contribution in [0.5, 0.6) is 11.5 Å². The molecule has 0 radical (unpaired) electrons. The summed E-state index contributed by atoms with van der Waals surface area (Å²) in [5.41, 5.74) is 6.56. The SMILES string of the molecule is CC(N)Cc1ccc(Oc2cccc(Br)c2)c(F)c1. The Kier molecular flexibility index (Phi) is 4.56. The highest BCUT2D eigenvalue weighted by Crippen LogP contribution is 2.27. The van der Waals surface area contributed by atoms with E-state index in [2.05, 4.69) is 15.9 Å². The molecule has 2 nitrogen and oxygen atoms in total. The van der Waals surface area contributed by atoms with Gasteiger partial charge in [0.2, 0.25) is 0 Å². The van der Waals surface area contributed by atoms with Crippen molar-refractivity contribution in [3.8, 4) is 11.5 Å². The third-order valence-corrected chi connectivity index (χ3v) is 3.07. The zero-order valence-electron chi connectivity index (χ0n) is 10.6. The molecular weight excluding hydrogens is 309 g/mol. The molecule has 0 aliphatic heterocycles. The summed E-state index contributed by atoms with van der Waals surface area (Å²) < 4.78 is 20.3. The summed E-state index contributed by atoms with van der Waals surface area (Å²) in [6.07, 6.45) is 0.647. The number of hydrogen-bond acceptors (Lipinski definition) is 2. The van der Waals surface area contributed by atoms with Crippen LogP contribution in [0.2, 0.25) is 0 Å². The van der Waals surface area contributed by atoms with Crippen molar-refractivity contribution in [2.24, 2.45) is 5.73 Å². The molecule has 0 heterocycles. The van der Waals surface area contributed by atoms with E-state index in [1.807, 2.05) is 25.1 Å². The van der Waals surface area contributed by atoms with Gasteiger partial charge in [0, 0.05) is 10.5 Å². The van der Waals surface area contributed by atoms with Crippen LogP contribution in [-0.2, 0) is 6.42 Å². The van der Waals surface area contributed by atoms with E-state index in [0.717, 1.165) is 10.0 Å². The molecule has 1 unspecified atom stereocenters. The standard InChI is InChI=1S/C15H15BrFNO/c1-10(18)7-11-5-6-15(14(17)8-11)19-13-4-2-3-12(16)9-13/h2-6,8-10H,7,18H2,1H3. The molecule has 0 aromatic heterocycles. The topological polar surface area (TPSA) is 35.2 Å². The number of rotatable bonds is 4. The largest absolute Gasteiger partial charge is 0.454 e. The van der Waals surface area contributed by atoms with E-state index in [0.29, 0.717) is 12.2 Å². The molecule has 19 heavy (non-hydrogen) atoms. The summed E-state index contributed by atoms with van der Waals surface area (Å²) in [5.74, 6) is 0.429. The van der Waals surface area contributed by atoms with Crippen LogP contribution in [0.15, 0.2) is 46.9 Å². The lowest BCUT2D eigenvalue weighted by Gasteiger charge is -2.10. The summed E-state index contributed by atoms with van der Waals surface area (Å²) in [5, 5.41) is 0. The zero-order chi connectivity index (χ0) is 13.8. The van der Waals surface area contributed by atoms with Gasteiger partial charge in [-0.15, -0.1) is 0 Å². The quantitative estimate of drug-likeness (QED) is 0.911. The molecule has 2 aromatic carbocycles. The lowest BCUT2D eigenvalue weighted by molar-refractivity contribution is 0.441. The smallest absolute Gasteiger partial charge is 0.165 e. The molecule has 0 amide bonds. The van der Waals surface area contributed by atoms with Crippen molar-refractivity contribution < 1.29 is 9.13 Å². The molecule has 0 saturated heterocycles. The summed E-state index contributed by atoms with van der Waals surface area (Å²) in [7, 11) is 0. The van der Waals surface area contributed by atoms with Gasteiger partial charge in [0.15, 0.2) is 11.6 Å². The lowest BCUT2D eigenvalue weighted by atomic mass is 10.1. The van der Waals surface area contributed by atoms with Crippen molar-refractivity contribution in [3.05, 3.63) is 58.3 Å². The molecule has 2 N–H and O–H groups in total. The monoisotopic (exact) mass is 323 g/mol. The van der Waals surface area contributed by atoms with Crippen LogP contribution >= 0.6 is 15.9 Å². The van der Waals surface area contributed by atoms with Gasteiger partial charge >= 0.3 is 0 Å². The van der Waals surface area contributed by atoms with Crippen LogP contribution in [0.25, 0.3) is 0 Å². The van der Waals surface area contributed by atoms with Gasteiger partial charge in [-0.3, -0.25) is 0 Å². The average molecular weight is 324 g/mol. The van der Waals surface area contributed by atoms with Crippen LogP contribution in [0, 0.1) is 5.82 Å². The molecular formula is C15H15BrFNO. The highest BCUT2D eigenvalue weighted by atomic mass is 79.9.